The largest absolute Gasteiger partial charge is 0.463 e. The van der Waals surface area contributed by atoms with Crippen molar-refractivity contribution >= 4 is 35.6 Å². The minimum atomic E-state index is -1.15. The highest BCUT2D eigenvalue weighted by molar-refractivity contribution is 7.99. The second-order valence-corrected chi connectivity index (χ2v) is 7.96. The number of halogens is 1. The predicted molar refractivity (Wildman–Crippen MR) is 106 cm³/mol. The maximum atomic E-state index is 13.3. The van der Waals surface area contributed by atoms with Gasteiger partial charge in [0.05, 0.1) is 0 Å². The molecule has 0 bridgehead atoms. The topological polar surface area (TPSA) is 117 Å². The molecule has 170 valence electrons. The molecule has 0 saturated carbocycles. The normalized spacial score (nSPS) is 25.3. The van der Waals surface area contributed by atoms with Gasteiger partial charge >= 0.3 is 17.9 Å². The van der Waals surface area contributed by atoms with E-state index in [4.69, 9.17) is 18.9 Å². The van der Waals surface area contributed by atoms with Crippen molar-refractivity contribution < 1.29 is 42.5 Å². The van der Waals surface area contributed by atoms with E-state index in [0.717, 1.165) is 11.8 Å². The summed E-state index contributed by atoms with van der Waals surface area (Å²) in [6.07, 6.45) is -3.26. The van der Waals surface area contributed by atoms with E-state index >= 15 is 0 Å². The van der Waals surface area contributed by atoms with Crippen LogP contribution >= 0.6 is 11.8 Å². The lowest BCUT2D eigenvalue weighted by atomic mass is 9.97. The number of hydrogen-bond acceptors (Lipinski definition) is 9. The van der Waals surface area contributed by atoms with Crippen molar-refractivity contribution in [1.82, 2.24) is 5.32 Å². The number of rotatable bonds is 7. The van der Waals surface area contributed by atoms with Crippen LogP contribution in [0.25, 0.3) is 0 Å². The maximum Gasteiger partial charge on any atom is 0.303 e. The Balaban J connectivity index is 2.43. The number of hydrogen-bond donors (Lipinski definition) is 1. The number of nitrogens with one attached hydrogen (secondary N) is 1. The molecule has 0 aromatic heterocycles. The summed E-state index contributed by atoms with van der Waals surface area (Å²) in [5, 5.41) is 2.67. The van der Waals surface area contributed by atoms with Crippen LogP contribution in [0, 0.1) is 5.82 Å². The molecule has 1 fully saturated rings. The first-order valence-electron chi connectivity index (χ1n) is 9.39. The molecule has 0 spiro atoms. The van der Waals surface area contributed by atoms with Crippen LogP contribution in [0.1, 0.15) is 27.7 Å². The van der Waals surface area contributed by atoms with Gasteiger partial charge < -0.3 is 24.3 Å². The third kappa shape index (κ3) is 7.51. The molecule has 1 aromatic carbocycles. The molecule has 1 heterocycles. The zero-order valence-corrected chi connectivity index (χ0v) is 18.3. The van der Waals surface area contributed by atoms with Gasteiger partial charge in [0.2, 0.25) is 5.91 Å². The Morgan fingerprint density at radius 2 is 1.55 bits per heavy atom. The number of carbonyl (C=O) groups excluding carboxylic acids is 4. The molecule has 1 aromatic rings. The molecule has 0 unspecified atom stereocenters. The predicted octanol–water partition coefficient (Wildman–Crippen LogP) is 1.57. The summed E-state index contributed by atoms with van der Waals surface area (Å²) in [5.41, 5.74) is -0.842. The Morgan fingerprint density at radius 1 is 0.968 bits per heavy atom. The van der Waals surface area contributed by atoms with Crippen LogP contribution in [-0.2, 0) is 38.1 Å². The maximum absolute atomic E-state index is 13.3. The van der Waals surface area contributed by atoms with Crippen LogP contribution in [0.3, 0.4) is 0 Å². The smallest absolute Gasteiger partial charge is 0.303 e. The quantitative estimate of drug-likeness (QED) is 0.481. The Kier molecular flexibility index (Phi) is 8.81. The molecule has 9 nitrogen and oxygen atoms in total. The SMILES string of the molecule is CC(=O)N[C@H]1[C@@H](OC(C)=O)[C@H](OC(C)=O)[C@@H](COC(C)=O)O[C@H]1Sc1ccc(F)cc1. The molecule has 1 aliphatic heterocycles. The Labute approximate surface area is 182 Å². The van der Waals surface area contributed by atoms with Crippen LogP contribution < -0.4 is 5.32 Å². The molecular weight excluding hydrogens is 433 g/mol. The van der Waals surface area contributed by atoms with E-state index in [2.05, 4.69) is 5.32 Å². The highest BCUT2D eigenvalue weighted by atomic mass is 32.2. The number of esters is 3. The fraction of sp³-hybridized carbons (Fsp3) is 0.500. The molecule has 0 radical (unpaired) electrons. The van der Waals surface area contributed by atoms with Gasteiger partial charge in [0.1, 0.15) is 30.0 Å². The fourth-order valence-corrected chi connectivity index (χ4v) is 4.17. The van der Waals surface area contributed by atoms with Gasteiger partial charge in [0, 0.05) is 32.6 Å². The van der Waals surface area contributed by atoms with Gasteiger partial charge in [-0.05, 0) is 24.3 Å². The van der Waals surface area contributed by atoms with E-state index in [-0.39, 0.29) is 6.61 Å². The molecule has 1 amide bonds. The van der Waals surface area contributed by atoms with Crippen molar-refractivity contribution in [2.75, 3.05) is 6.61 Å². The minimum Gasteiger partial charge on any atom is -0.463 e. The van der Waals surface area contributed by atoms with Crippen LogP contribution in [0.5, 0.6) is 0 Å². The summed E-state index contributed by atoms with van der Waals surface area (Å²) in [5.74, 6) is -2.79. The third-order valence-corrected chi connectivity index (χ3v) is 5.32. The zero-order chi connectivity index (χ0) is 23.1. The molecule has 11 heteroatoms. The lowest BCUT2D eigenvalue weighted by Gasteiger charge is -2.45. The van der Waals surface area contributed by atoms with Gasteiger partial charge in [0.25, 0.3) is 0 Å². The van der Waals surface area contributed by atoms with E-state index in [1.807, 2.05) is 0 Å². The molecule has 0 aliphatic carbocycles. The Bertz CT molecular complexity index is 818. The lowest BCUT2D eigenvalue weighted by molar-refractivity contribution is -0.211. The minimum absolute atomic E-state index is 0.279. The number of benzene rings is 1. The molecule has 31 heavy (non-hydrogen) atoms. The van der Waals surface area contributed by atoms with Crippen LogP contribution in [0.4, 0.5) is 4.39 Å². The average molecular weight is 457 g/mol. The molecular formula is C20H24FNO8S. The van der Waals surface area contributed by atoms with Crippen molar-refractivity contribution in [2.24, 2.45) is 0 Å². The summed E-state index contributed by atoms with van der Waals surface area (Å²) in [6.45, 7) is 4.54. The molecule has 5 atom stereocenters. The standard InChI is InChI=1S/C20H24FNO8S/c1-10(23)22-17-19(29-13(4)26)18(28-12(3)25)16(9-27-11(2)24)30-20(17)31-15-7-5-14(21)6-8-15/h5-8,16-20H,9H2,1-4H3,(H,22,23)/t16-,17+,18-,19-,20+/m1/s1. The van der Waals surface area contributed by atoms with E-state index in [1.165, 1.54) is 52.0 Å². The van der Waals surface area contributed by atoms with Crippen LogP contribution in [-0.4, -0.2) is 60.2 Å². The summed E-state index contributed by atoms with van der Waals surface area (Å²) >= 11 is 1.14. The van der Waals surface area contributed by atoms with Gasteiger partial charge in [-0.25, -0.2) is 4.39 Å². The third-order valence-electron chi connectivity index (χ3n) is 4.14. The van der Waals surface area contributed by atoms with E-state index in [9.17, 15) is 23.6 Å². The highest BCUT2D eigenvalue weighted by Gasteiger charge is 2.51. The van der Waals surface area contributed by atoms with E-state index < -0.39 is 59.4 Å². The number of amides is 1. The number of thioether (sulfide) groups is 1. The zero-order valence-electron chi connectivity index (χ0n) is 17.5. The lowest BCUT2D eigenvalue weighted by Crippen LogP contribution is -2.65. The van der Waals surface area contributed by atoms with Crippen molar-refractivity contribution in [1.29, 1.82) is 0 Å². The summed E-state index contributed by atoms with van der Waals surface area (Å²) in [6, 6.07) is 4.65. The van der Waals surface area contributed by atoms with Crippen molar-refractivity contribution in [3.63, 3.8) is 0 Å². The summed E-state index contributed by atoms with van der Waals surface area (Å²) in [4.78, 5) is 47.3. The van der Waals surface area contributed by atoms with E-state index in [1.54, 1.807) is 0 Å². The van der Waals surface area contributed by atoms with Gasteiger partial charge in [-0.3, -0.25) is 19.2 Å². The highest BCUT2D eigenvalue weighted by Crippen LogP contribution is 2.36. The van der Waals surface area contributed by atoms with Crippen LogP contribution in [0.15, 0.2) is 29.2 Å². The first-order chi connectivity index (χ1) is 14.6. The second kappa shape index (κ2) is 11.1. The average Bonchev–Trinajstić information content (AvgIpc) is 2.65. The molecule has 1 saturated heterocycles. The first-order valence-corrected chi connectivity index (χ1v) is 10.3. The Hall–Kier alpha value is -2.66. The van der Waals surface area contributed by atoms with E-state index in [0.29, 0.717) is 4.90 Å². The van der Waals surface area contributed by atoms with Crippen molar-refractivity contribution in [2.45, 2.75) is 62.4 Å². The van der Waals surface area contributed by atoms with Gasteiger partial charge in [0.15, 0.2) is 12.2 Å². The molecule has 2 rings (SSSR count). The molecule has 1 aliphatic rings. The van der Waals surface area contributed by atoms with Crippen molar-refractivity contribution in [3.8, 4) is 0 Å². The monoisotopic (exact) mass is 457 g/mol. The van der Waals surface area contributed by atoms with Crippen LogP contribution in [0.2, 0.25) is 0 Å². The van der Waals surface area contributed by atoms with Gasteiger partial charge in [-0.1, -0.05) is 11.8 Å². The van der Waals surface area contributed by atoms with Gasteiger partial charge in [-0.2, -0.15) is 0 Å². The van der Waals surface area contributed by atoms with Gasteiger partial charge in [-0.15, -0.1) is 0 Å². The fourth-order valence-electron chi connectivity index (χ4n) is 3.04. The Morgan fingerprint density at radius 3 is 2.06 bits per heavy atom. The van der Waals surface area contributed by atoms with Crippen molar-refractivity contribution in [3.05, 3.63) is 30.1 Å². The first kappa shape index (κ1) is 24.6. The summed E-state index contributed by atoms with van der Waals surface area (Å²) < 4.78 is 35.1. The number of carbonyl (C=O) groups is 4. The summed E-state index contributed by atoms with van der Waals surface area (Å²) in [7, 11) is 0. The molecule has 1 N–H and O–H groups in total. The second-order valence-electron chi connectivity index (χ2n) is 6.79. The number of ether oxygens (including phenoxy) is 4.